The lowest BCUT2D eigenvalue weighted by molar-refractivity contribution is -0.121. The average molecular weight is 326 g/mol. The molecule has 1 aromatic carbocycles. The van der Waals surface area contributed by atoms with E-state index in [-0.39, 0.29) is 36.7 Å². The Bertz CT molecular complexity index is 502. The van der Waals surface area contributed by atoms with Gasteiger partial charge in [-0.05, 0) is 30.5 Å². The van der Waals surface area contributed by atoms with Crippen molar-refractivity contribution in [2.75, 3.05) is 11.9 Å². The van der Waals surface area contributed by atoms with E-state index in [1.165, 1.54) is 6.42 Å². The van der Waals surface area contributed by atoms with Crippen LogP contribution in [0, 0.1) is 5.92 Å². The molecule has 2 amide bonds. The largest absolute Gasteiger partial charge is 0.351 e. The van der Waals surface area contributed by atoms with Gasteiger partial charge in [-0.3, -0.25) is 9.59 Å². The molecule has 1 aromatic rings. The molecule has 0 heterocycles. The Labute approximate surface area is 137 Å². The Hall–Kier alpha value is -1.59. The second-order valence-corrected chi connectivity index (χ2v) is 5.51. The van der Waals surface area contributed by atoms with Gasteiger partial charge in [0.15, 0.2) is 0 Å². The minimum atomic E-state index is -0.188. The van der Waals surface area contributed by atoms with Crippen molar-refractivity contribution in [1.82, 2.24) is 5.32 Å². The zero-order valence-electron chi connectivity index (χ0n) is 12.6. The molecule has 1 aliphatic rings. The summed E-state index contributed by atoms with van der Waals surface area (Å²) in [5, 5.41) is 5.69. The molecule has 2 rings (SSSR count). The first kappa shape index (κ1) is 18.5. The van der Waals surface area contributed by atoms with Crippen LogP contribution in [-0.2, 0) is 16.1 Å². The van der Waals surface area contributed by atoms with Crippen LogP contribution >= 0.6 is 12.4 Å². The van der Waals surface area contributed by atoms with Gasteiger partial charge in [-0.2, -0.15) is 0 Å². The number of carbonyl (C=O) groups is 2. The minimum absolute atomic E-state index is 0. The Morgan fingerprint density at radius 2 is 1.91 bits per heavy atom. The first-order chi connectivity index (χ1) is 10.2. The van der Waals surface area contributed by atoms with Crippen molar-refractivity contribution >= 4 is 29.9 Å². The lowest BCUT2D eigenvalue weighted by atomic mass is 9.88. The Balaban J connectivity index is 0.00000242. The summed E-state index contributed by atoms with van der Waals surface area (Å²) in [6, 6.07) is 7.54. The number of rotatable bonds is 5. The third kappa shape index (κ3) is 5.66. The summed E-state index contributed by atoms with van der Waals surface area (Å²) in [5.41, 5.74) is 6.97. The summed E-state index contributed by atoms with van der Waals surface area (Å²) in [6.45, 7) is 0.404. The highest BCUT2D eigenvalue weighted by molar-refractivity contribution is 5.92. The lowest BCUT2D eigenvalue weighted by Gasteiger charge is -2.20. The van der Waals surface area contributed by atoms with E-state index in [0.717, 1.165) is 36.9 Å². The second-order valence-electron chi connectivity index (χ2n) is 5.51. The number of halogens is 1. The summed E-state index contributed by atoms with van der Waals surface area (Å²) >= 11 is 0. The third-order valence-corrected chi connectivity index (χ3v) is 3.85. The van der Waals surface area contributed by atoms with Crippen LogP contribution in [0.1, 0.15) is 37.7 Å². The molecule has 1 fully saturated rings. The van der Waals surface area contributed by atoms with Gasteiger partial charge in [0.2, 0.25) is 11.8 Å². The molecule has 0 atom stereocenters. The summed E-state index contributed by atoms with van der Waals surface area (Å²) < 4.78 is 0. The summed E-state index contributed by atoms with van der Waals surface area (Å²) in [4.78, 5) is 23.3. The van der Waals surface area contributed by atoms with Crippen LogP contribution in [0.3, 0.4) is 0 Å². The van der Waals surface area contributed by atoms with Crippen LogP contribution in [0.15, 0.2) is 24.3 Å². The number of nitrogens with two attached hydrogens (primary N) is 1. The zero-order valence-corrected chi connectivity index (χ0v) is 13.5. The standard InChI is InChI=1S/C16H23N3O2.ClH/c17-10-15(20)18-11-12-5-4-8-14(9-12)19-16(21)13-6-2-1-3-7-13;/h4-5,8-9,13H,1-3,6-7,10-11,17H2,(H,18,20)(H,19,21);1H. The van der Waals surface area contributed by atoms with E-state index in [1.54, 1.807) is 0 Å². The Morgan fingerprint density at radius 3 is 2.59 bits per heavy atom. The van der Waals surface area contributed by atoms with Gasteiger partial charge in [0.05, 0.1) is 6.54 Å². The van der Waals surface area contributed by atoms with Crippen molar-refractivity contribution in [2.45, 2.75) is 38.6 Å². The number of carbonyl (C=O) groups excluding carboxylic acids is 2. The minimum Gasteiger partial charge on any atom is -0.351 e. The summed E-state index contributed by atoms with van der Waals surface area (Å²) in [7, 11) is 0. The van der Waals surface area contributed by atoms with Gasteiger partial charge < -0.3 is 16.4 Å². The van der Waals surface area contributed by atoms with Crippen molar-refractivity contribution in [3.05, 3.63) is 29.8 Å². The Kier molecular flexibility index (Phi) is 7.91. The van der Waals surface area contributed by atoms with Crippen LogP contribution in [-0.4, -0.2) is 18.4 Å². The van der Waals surface area contributed by atoms with Crippen molar-refractivity contribution in [2.24, 2.45) is 11.7 Å². The maximum absolute atomic E-state index is 12.2. The van der Waals surface area contributed by atoms with Crippen LogP contribution in [0.4, 0.5) is 5.69 Å². The van der Waals surface area contributed by atoms with Crippen LogP contribution in [0.5, 0.6) is 0 Å². The molecule has 0 radical (unpaired) electrons. The predicted octanol–water partition coefficient (Wildman–Crippen LogP) is 2.20. The van der Waals surface area contributed by atoms with Crippen molar-refractivity contribution < 1.29 is 9.59 Å². The molecule has 0 spiro atoms. The molecule has 1 saturated carbocycles. The molecule has 0 aliphatic heterocycles. The number of benzene rings is 1. The van der Waals surface area contributed by atoms with Crippen molar-refractivity contribution in [1.29, 1.82) is 0 Å². The van der Waals surface area contributed by atoms with Gasteiger partial charge in [-0.1, -0.05) is 31.4 Å². The molecule has 0 unspecified atom stereocenters. The second kappa shape index (κ2) is 9.43. The lowest BCUT2D eigenvalue weighted by Crippen LogP contribution is -2.29. The molecule has 4 N–H and O–H groups in total. The molecule has 6 heteroatoms. The summed E-state index contributed by atoms with van der Waals surface area (Å²) in [5.74, 6) is 0.0591. The van der Waals surface area contributed by atoms with Gasteiger partial charge in [0, 0.05) is 18.2 Å². The number of hydrogen-bond acceptors (Lipinski definition) is 3. The summed E-state index contributed by atoms with van der Waals surface area (Å²) in [6.07, 6.45) is 5.49. The molecular weight excluding hydrogens is 302 g/mol. The van der Waals surface area contributed by atoms with Gasteiger partial charge in [0.25, 0.3) is 0 Å². The number of amides is 2. The highest BCUT2D eigenvalue weighted by Gasteiger charge is 2.20. The molecule has 0 aromatic heterocycles. The monoisotopic (exact) mass is 325 g/mol. The van der Waals surface area contributed by atoms with Crippen LogP contribution in [0.2, 0.25) is 0 Å². The average Bonchev–Trinajstić information content (AvgIpc) is 2.53. The highest BCUT2D eigenvalue weighted by Crippen LogP contribution is 2.25. The maximum atomic E-state index is 12.2. The quantitative estimate of drug-likeness (QED) is 0.776. The topological polar surface area (TPSA) is 84.2 Å². The fraction of sp³-hybridized carbons (Fsp3) is 0.500. The molecule has 0 saturated heterocycles. The molecular formula is C16H24ClN3O2. The number of nitrogens with one attached hydrogen (secondary N) is 2. The Morgan fingerprint density at radius 1 is 1.18 bits per heavy atom. The van der Waals surface area contributed by atoms with E-state index < -0.39 is 0 Å². The normalized spacial score (nSPS) is 14.8. The fourth-order valence-corrected chi connectivity index (χ4v) is 2.64. The van der Waals surface area contributed by atoms with E-state index in [9.17, 15) is 9.59 Å². The van der Waals surface area contributed by atoms with Crippen molar-refractivity contribution in [3.63, 3.8) is 0 Å². The molecule has 22 heavy (non-hydrogen) atoms. The van der Waals surface area contributed by atoms with E-state index in [1.807, 2.05) is 24.3 Å². The van der Waals surface area contributed by atoms with E-state index in [4.69, 9.17) is 5.73 Å². The third-order valence-electron chi connectivity index (χ3n) is 3.85. The van der Waals surface area contributed by atoms with Crippen LogP contribution in [0.25, 0.3) is 0 Å². The number of hydrogen-bond donors (Lipinski definition) is 3. The first-order valence-corrected chi connectivity index (χ1v) is 7.55. The highest BCUT2D eigenvalue weighted by atomic mass is 35.5. The van der Waals surface area contributed by atoms with E-state index in [2.05, 4.69) is 10.6 Å². The van der Waals surface area contributed by atoms with Gasteiger partial charge in [-0.25, -0.2) is 0 Å². The predicted molar refractivity (Wildman–Crippen MR) is 89.8 cm³/mol. The first-order valence-electron chi connectivity index (χ1n) is 7.55. The maximum Gasteiger partial charge on any atom is 0.234 e. The smallest absolute Gasteiger partial charge is 0.234 e. The zero-order chi connectivity index (χ0) is 15.1. The molecule has 122 valence electrons. The van der Waals surface area contributed by atoms with Gasteiger partial charge in [-0.15, -0.1) is 12.4 Å². The van der Waals surface area contributed by atoms with Crippen molar-refractivity contribution in [3.8, 4) is 0 Å². The van der Waals surface area contributed by atoms with Crippen LogP contribution < -0.4 is 16.4 Å². The van der Waals surface area contributed by atoms with Gasteiger partial charge >= 0.3 is 0 Å². The molecule has 5 nitrogen and oxygen atoms in total. The van der Waals surface area contributed by atoms with Gasteiger partial charge in [0.1, 0.15) is 0 Å². The number of anilines is 1. The molecule has 1 aliphatic carbocycles. The fourth-order valence-electron chi connectivity index (χ4n) is 2.64. The SMILES string of the molecule is Cl.NCC(=O)NCc1cccc(NC(=O)C2CCCCC2)c1. The molecule has 0 bridgehead atoms. The van der Waals surface area contributed by atoms with E-state index in [0.29, 0.717) is 6.54 Å². The van der Waals surface area contributed by atoms with E-state index >= 15 is 0 Å².